The fourth-order valence-corrected chi connectivity index (χ4v) is 1.87. The zero-order valence-electron chi connectivity index (χ0n) is 8.60. The third kappa shape index (κ3) is 2.18. The topological polar surface area (TPSA) is 46.2 Å². The lowest BCUT2D eigenvalue weighted by Crippen LogP contribution is -2.00. The van der Waals surface area contributed by atoms with Crippen LogP contribution in [0.3, 0.4) is 0 Å². The van der Waals surface area contributed by atoms with E-state index >= 15 is 0 Å². The fraction of sp³-hybridized carbons (Fsp3) is 0.0769. The maximum absolute atomic E-state index is 10.1. The fourth-order valence-electron chi connectivity index (χ4n) is 1.58. The van der Waals surface area contributed by atoms with Crippen molar-refractivity contribution in [3.8, 4) is 0 Å². The number of hydrogen-bond donors (Lipinski definition) is 2. The monoisotopic (exact) mass is 233 g/mol. The van der Waals surface area contributed by atoms with Crippen molar-refractivity contribution in [2.75, 3.05) is 5.73 Å². The van der Waals surface area contributed by atoms with Gasteiger partial charge in [-0.15, -0.1) is 0 Å². The van der Waals surface area contributed by atoms with Crippen LogP contribution in [0.1, 0.15) is 17.2 Å². The number of halogens is 1. The number of nitrogens with two attached hydrogens (primary N) is 1. The second-order valence-electron chi connectivity index (χ2n) is 3.59. The smallest absolute Gasteiger partial charge is 0.105 e. The number of benzene rings is 2. The third-order valence-electron chi connectivity index (χ3n) is 2.43. The van der Waals surface area contributed by atoms with Crippen LogP contribution < -0.4 is 5.73 Å². The van der Waals surface area contributed by atoms with Crippen LogP contribution in [0.25, 0.3) is 0 Å². The van der Waals surface area contributed by atoms with E-state index in [-0.39, 0.29) is 0 Å². The predicted molar refractivity (Wildman–Crippen MR) is 66.4 cm³/mol. The van der Waals surface area contributed by atoms with Crippen LogP contribution in [0, 0.1) is 0 Å². The van der Waals surface area contributed by atoms with Crippen molar-refractivity contribution in [3.63, 3.8) is 0 Å². The van der Waals surface area contributed by atoms with Gasteiger partial charge in [0.15, 0.2) is 0 Å². The largest absolute Gasteiger partial charge is 0.399 e. The van der Waals surface area contributed by atoms with E-state index in [2.05, 4.69) is 0 Å². The molecular weight excluding hydrogens is 222 g/mol. The van der Waals surface area contributed by atoms with Crippen molar-refractivity contribution >= 4 is 17.3 Å². The summed E-state index contributed by atoms with van der Waals surface area (Å²) in [4.78, 5) is 0. The third-order valence-corrected chi connectivity index (χ3v) is 2.76. The molecular formula is C13H12ClNO. The van der Waals surface area contributed by atoms with E-state index in [4.69, 9.17) is 17.3 Å². The maximum atomic E-state index is 10.1. The van der Waals surface area contributed by atoms with Gasteiger partial charge in [0.1, 0.15) is 6.10 Å². The van der Waals surface area contributed by atoms with E-state index in [0.717, 1.165) is 5.56 Å². The average molecular weight is 234 g/mol. The summed E-state index contributed by atoms with van der Waals surface area (Å²) in [5, 5.41) is 10.6. The van der Waals surface area contributed by atoms with Gasteiger partial charge in [-0.1, -0.05) is 48.0 Å². The highest BCUT2D eigenvalue weighted by Crippen LogP contribution is 2.29. The number of aliphatic hydroxyl groups is 1. The summed E-state index contributed by atoms with van der Waals surface area (Å²) in [7, 11) is 0. The first-order valence-corrected chi connectivity index (χ1v) is 5.34. The lowest BCUT2D eigenvalue weighted by atomic mass is 10.0. The zero-order valence-corrected chi connectivity index (χ0v) is 9.35. The molecule has 0 heterocycles. The quantitative estimate of drug-likeness (QED) is 0.784. The maximum Gasteiger partial charge on any atom is 0.105 e. The Morgan fingerprint density at radius 2 is 1.75 bits per heavy atom. The van der Waals surface area contributed by atoms with Crippen LogP contribution in [0.4, 0.5) is 5.69 Å². The molecule has 2 aromatic carbocycles. The summed E-state index contributed by atoms with van der Waals surface area (Å²) >= 11 is 6.03. The van der Waals surface area contributed by atoms with Gasteiger partial charge < -0.3 is 10.8 Å². The molecule has 2 rings (SSSR count). The second kappa shape index (κ2) is 4.56. The van der Waals surface area contributed by atoms with Gasteiger partial charge in [-0.2, -0.15) is 0 Å². The molecule has 0 saturated carbocycles. The molecule has 0 bridgehead atoms. The average Bonchev–Trinajstić information content (AvgIpc) is 2.29. The molecule has 0 aliphatic rings. The van der Waals surface area contributed by atoms with Crippen molar-refractivity contribution in [1.29, 1.82) is 0 Å². The Hall–Kier alpha value is -1.51. The molecule has 0 aliphatic heterocycles. The van der Waals surface area contributed by atoms with Crippen LogP contribution in [0.5, 0.6) is 0 Å². The molecule has 3 heteroatoms. The molecule has 16 heavy (non-hydrogen) atoms. The van der Waals surface area contributed by atoms with Crippen LogP contribution in [0.15, 0.2) is 48.5 Å². The summed E-state index contributed by atoms with van der Waals surface area (Å²) < 4.78 is 0. The minimum atomic E-state index is -0.714. The summed E-state index contributed by atoms with van der Waals surface area (Å²) in [6, 6.07) is 14.5. The molecule has 0 aromatic heterocycles. The van der Waals surface area contributed by atoms with Crippen molar-refractivity contribution < 1.29 is 5.11 Å². The minimum absolute atomic E-state index is 0.483. The van der Waals surface area contributed by atoms with Crippen molar-refractivity contribution in [3.05, 3.63) is 64.7 Å². The Kier molecular flexibility index (Phi) is 3.13. The van der Waals surface area contributed by atoms with Gasteiger partial charge in [-0.25, -0.2) is 0 Å². The molecule has 0 saturated heterocycles. The summed E-state index contributed by atoms with van der Waals surface area (Å²) in [5.41, 5.74) is 7.67. The van der Waals surface area contributed by atoms with E-state index in [1.54, 1.807) is 18.2 Å². The van der Waals surface area contributed by atoms with Gasteiger partial charge in [0, 0.05) is 16.3 Å². The number of rotatable bonds is 2. The van der Waals surface area contributed by atoms with Crippen LogP contribution in [-0.4, -0.2) is 5.11 Å². The van der Waals surface area contributed by atoms with Gasteiger partial charge >= 0.3 is 0 Å². The molecule has 2 nitrogen and oxygen atoms in total. The molecule has 0 amide bonds. The lowest BCUT2D eigenvalue weighted by molar-refractivity contribution is 0.220. The van der Waals surface area contributed by atoms with E-state index in [9.17, 15) is 5.11 Å². The second-order valence-corrected chi connectivity index (χ2v) is 4.00. The molecule has 0 radical (unpaired) electrons. The SMILES string of the molecule is Nc1ccc([C@H](O)c2ccccc2)c(Cl)c1. The molecule has 3 N–H and O–H groups in total. The van der Waals surface area contributed by atoms with Gasteiger partial charge in [-0.3, -0.25) is 0 Å². The number of aliphatic hydroxyl groups excluding tert-OH is 1. The molecule has 0 spiro atoms. The van der Waals surface area contributed by atoms with E-state index in [1.807, 2.05) is 30.3 Å². The van der Waals surface area contributed by atoms with Gasteiger partial charge in [-0.05, 0) is 17.7 Å². The Balaban J connectivity index is 2.38. The molecule has 2 aromatic rings. The predicted octanol–water partition coefficient (Wildman–Crippen LogP) is 3.00. The number of nitrogen functional groups attached to an aromatic ring is 1. The summed E-state index contributed by atoms with van der Waals surface area (Å²) in [6.07, 6.45) is -0.714. The van der Waals surface area contributed by atoms with Crippen molar-refractivity contribution in [2.24, 2.45) is 0 Å². The van der Waals surface area contributed by atoms with Crippen molar-refractivity contribution in [1.82, 2.24) is 0 Å². The Morgan fingerprint density at radius 1 is 1.06 bits per heavy atom. The number of anilines is 1. The molecule has 0 aliphatic carbocycles. The first-order chi connectivity index (χ1) is 7.68. The molecule has 82 valence electrons. The highest BCUT2D eigenvalue weighted by Gasteiger charge is 2.13. The standard InChI is InChI=1S/C13H12ClNO/c14-12-8-10(15)6-7-11(12)13(16)9-4-2-1-3-5-9/h1-8,13,16H,15H2/t13-/m1/s1. The van der Waals surface area contributed by atoms with Gasteiger partial charge in [0.25, 0.3) is 0 Å². The Labute approximate surface area is 99.3 Å². The van der Waals surface area contributed by atoms with Gasteiger partial charge in [0.2, 0.25) is 0 Å². The highest BCUT2D eigenvalue weighted by molar-refractivity contribution is 6.31. The van der Waals surface area contributed by atoms with E-state index < -0.39 is 6.10 Å². The molecule has 0 unspecified atom stereocenters. The lowest BCUT2D eigenvalue weighted by Gasteiger charge is -2.13. The summed E-state index contributed by atoms with van der Waals surface area (Å²) in [6.45, 7) is 0. The van der Waals surface area contributed by atoms with E-state index in [1.165, 1.54) is 0 Å². The Morgan fingerprint density at radius 3 is 2.38 bits per heavy atom. The van der Waals surface area contributed by atoms with Gasteiger partial charge in [0.05, 0.1) is 0 Å². The van der Waals surface area contributed by atoms with Crippen LogP contribution in [-0.2, 0) is 0 Å². The zero-order chi connectivity index (χ0) is 11.5. The summed E-state index contributed by atoms with van der Waals surface area (Å²) in [5.74, 6) is 0. The molecule has 1 atom stereocenters. The van der Waals surface area contributed by atoms with Crippen LogP contribution >= 0.6 is 11.6 Å². The normalized spacial score (nSPS) is 12.4. The van der Waals surface area contributed by atoms with E-state index in [0.29, 0.717) is 16.3 Å². The van der Waals surface area contributed by atoms with Crippen molar-refractivity contribution in [2.45, 2.75) is 6.10 Å². The minimum Gasteiger partial charge on any atom is -0.399 e. The number of hydrogen-bond acceptors (Lipinski definition) is 2. The van der Waals surface area contributed by atoms with Crippen LogP contribution in [0.2, 0.25) is 5.02 Å². The highest BCUT2D eigenvalue weighted by atomic mass is 35.5. The first-order valence-electron chi connectivity index (χ1n) is 4.96. The molecule has 0 fully saturated rings. The Bertz CT molecular complexity index is 485. The first kappa shape index (κ1) is 11.0.